The molecule has 0 fully saturated rings. The van der Waals surface area contributed by atoms with Gasteiger partial charge in [0.15, 0.2) is 0 Å². The Morgan fingerprint density at radius 2 is 1.84 bits per heavy atom. The number of primary amides is 1. The molecule has 0 aromatic carbocycles. The molecule has 4 nitrogen and oxygen atoms in total. The highest BCUT2D eigenvalue weighted by Crippen LogP contribution is 2.19. The van der Waals surface area contributed by atoms with Gasteiger partial charge in [-0.2, -0.15) is 13.2 Å². The first-order valence-corrected chi connectivity index (χ1v) is 6.29. The summed E-state index contributed by atoms with van der Waals surface area (Å²) in [5.74, 6) is -0.475. The summed E-state index contributed by atoms with van der Waals surface area (Å²) >= 11 is 0. The summed E-state index contributed by atoms with van der Waals surface area (Å²) in [6, 6.07) is 0.0867. The van der Waals surface area contributed by atoms with Gasteiger partial charge in [-0.05, 0) is 33.6 Å². The van der Waals surface area contributed by atoms with Gasteiger partial charge in [0.2, 0.25) is 5.91 Å². The van der Waals surface area contributed by atoms with Gasteiger partial charge in [0.1, 0.15) is 0 Å². The molecule has 7 heteroatoms. The van der Waals surface area contributed by atoms with E-state index >= 15 is 0 Å². The standard InChI is InChI=1S/C12H23F3N2O2/c1-9(2)17-11(3,10(16)18)5-4-7-19-8-6-12(13,14)15/h9,17H,4-8H2,1-3H3,(H2,16,18). The summed E-state index contributed by atoms with van der Waals surface area (Å²) in [6.45, 7) is 5.29. The third-order valence-corrected chi connectivity index (χ3v) is 2.65. The van der Waals surface area contributed by atoms with Crippen molar-refractivity contribution in [3.8, 4) is 0 Å². The van der Waals surface area contributed by atoms with Crippen LogP contribution in [0.15, 0.2) is 0 Å². The van der Waals surface area contributed by atoms with Crippen LogP contribution in [0.5, 0.6) is 0 Å². The minimum absolute atomic E-state index is 0.0867. The number of carbonyl (C=O) groups is 1. The Morgan fingerprint density at radius 1 is 1.26 bits per heavy atom. The molecule has 0 aliphatic heterocycles. The number of ether oxygens (including phenoxy) is 1. The molecular formula is C12H23F3N2O2. The van der Waals surface area contributed by atoms with E-state index in [1.165, 1.54) is 0 Å². The lowest BCUT2D eigenvalue weighted by Crippen LogP contribution is -2.55. The zero-order valence-electron chi connectivity index (χ0n) is 11.6. The highest BCUT2D eigenvalue weighted by Gasteiger charge is 2.31. The van der Waals surface area contributed by atoms with Crippen LogP contribution < -0.4 is 11.1 Å². The summed E-state index contributed by atoms with van der Waals surface area (Å²) in [4.78, 5) is 11.4. The molecule has 0 saturated heterocycles. The van der Waals surface area contributed by atoms with Crippen molar-refractivity contribution in [3.05, 3.63) is 0 Å². The zero-order chi connectivity index (χ0) is 15.1. The van der Waals surface area contributed by atoms with Gasteiger partial charge in [-0.3, -0.25) is 4.79 Å². The van der Waals surface area contributed by atoms with E-state index in [1.54, 1.807) is 6.92 Å². The Balaban J connectivity index is 3.92. The van der Waals surface area contributed by atoms with Crippen molar-refractivity contribution in [2.45, 2.75) is 57.8 Å². The van der Waals surface area contributed by atoms with E-state index in [2.05, 4.69) is 5.32 Å². The van der Waals surface area contributed by atoms with E-state index in [0.717, 1.165) is 0 Å². The SMILES string of the molecule is CC(C)NC(C)(CCCOCCC(F)(F)F)C(N)=O. The van der Waals surface area contributed by atoms with Gasteiger partial charge in [-0.15, -0.1) is 0 Å². The molecule has 0 spiro atoms. The fourth-order valence-corrected chi connectivity index (χ4v) is 1.72. The lowest BCUT2D eigenvalue weighted by atomic mass is 9.94. The van der Waals surface area contributed by atoms with Crippen molar-refractivity contribution in [2.75, 3.05) is 13.2 Å². The smallest absolute Gasteiger partial charge is 0.381 e. The Morgan fingerprint density at radius 3 is 2.26 bits per heavy atom. The summed E-state index contributed by atoms with van der Waals surface area (Å²) in [6.07, 6.45) is -4.26. The van der Waals surface area contributed by atoms with Crippen molar-refractivity contribution in [3.63, 3.8) is 0 Å². The lowest BCUT2D eigenvalue weighted by molar-refractivity contribution is -0.145. The quantitative estimate of drug-likeness (QED) is 0.636. The molecule has 0 bridgehead atoms. The molecule has 19 heavy (non-hydrogen) atoms. The first-order chi connectivity index (χ1) is 8.57. The molecule has 0 aliphatic rings. The number of alkyl halides is 3. The maximum atomic E-state index is 11.9. The van der Waals surface area contributed by atoms with Gasteiger partial charge in [-0.1, -0.05) is 0 Å². The fraction of sp³-hybridized carbons (Fsp3) is 0.917. The maximum Gasteiger partial charge on any atom is 0.391 e. The number of halogens is 3. The van der Waals surface area contributed by atoms with Crippen LogP contribution in [-0.4, -0.2) is 36.9 Å². The van der Waals surface area contributed by atoms with Crippen LogP contribution in [0.4, 0.5) is 13.2 Å². The Bertz CT molecular complexity index is 283. The molecular weight excluding hydrogens is 261 g/mol. The molecule has 1 atom stereocenters. The Labute approximate surface area is 111 Å². The van der Waals surface area contributed by atoms with Crippen molar-refractivity contribution >= 4 is 5.91 Å². The third-order valence-electron chi connectivity index (χ3n) is 2.65. The van der Waals surface area contributed by atoms with Gasteiger partial charge in [0.25, 0.3) is 0 Å². The predicted octanol–water partition coefficient (Wildman–Crippen LogP) is 1.98. The minimum atomic E-state index is -4.19. The molecule has 0 rings (SSSR count). The van der Waals surface area contributed by atoms with Crippen LogP contribution >= 0.6 is 0 Å². The number of hydrogen-bond acceptors (Lipinski definition) is 3. The largest absolute Gasteiger partial charge is 0.391 e. The van der Waals surface area contributed by atoms with E-state index in [-0.39, 0.29) is 19.3 Å². The number of amides is 1. The van der Waals surface area contributed by atoms with Gasteiger partial charge in [0.05, 0.1) is 18.6 Å². The summed E-state index contributed by atoms with van der Waals surface area (Å²) < 4.78 is 40.4. The number of hydrogen-bond donors (Lipinski definition) is 2. The second-order valence-corrected chi connectivity index (χ2v) is 5.08. The van der Waals surface area contributed by atoms with Gasteiger partial charge in [0, 0.05) is 12.6 Å². The molecule has 1 unspecified atom stereocenters. The summed E-state index contributed by atoms with van der Waals surface area (Å²) in [5.41, 5.74) is 4.47. The molecule has 0 saturated carbocycles. The molecule has 1 amide bonds. The minimum Gasteiger partial charge on any atom is -0.381 e. The molecule has 0 aromatic heterocycles. The summed E-state index contributed by atoms with van der Waals surface area (Å²) in [5, 5.41) is 3.06. The molecule has 0 aliphatic carbocycles. The maximum absolute atomic E-state index is 11.9. The molecule has 3 N–H and O–H groups in total. The molecule has 0 aromatic rings. The second kappa shape index (κ2) is 7.69. The van der Waals surface area contributed by atoms with Gasteiger partial charge in [-0.25, -0.2) is 0 Å². The monoisotopic (exact) mass is 284 g/mol. The van der Waals surface area contributed by atoms with E-state index in [1.807, 2.05) is 13.8 Å². The zero-order valence-corrected chi connectivity index (χ0v) is 11.6. The topological polar surface area (TPSA) is 64.3 Å². The van der Waals surface area contributed by atoms with Crippen LogP contribution in [-0.2, 0) is 9.53 Å². The van der Waals surface area contributed by atoms with E-state index in [9.17, 15) is 18.0 Å². The lowest BCUT2D eigenvalue weighted by Gasteiger charge is -2.29. The first-order valence-electron chi connectivity index (χ1n) is 6.29. The van der Waals surface area contributed by atoms with Crippen molar-refractivity contribution in [1.82, 2.24) is 5.32 Å². The average Bonchev–Trinajstić information content (AvgIpc) is 2.20. The first kappa shape index (κ1) is 18.2. The van der Waals surface area contributed by atoms with Crippen molar-refractivity contribution in [2.24, 2.45) is 5.73 Å². The van der Waals surface area contributed by atoms with Crippen LogP contribution in [0, 0.1) is 0 Å². The number of rotatable bonds is 9. The average molecular weight is 284 g/mol. The van der Waals surface area contributed by atoms with Gasteiger partial charge >= 0.3 is 6.18 Å². The second-order valence-electron chi connectivity index (χ2n) is 5.08. The number of carbonyl (C=O) groups excluding carboxylic acids is 1. The van der Waals surface area contributed by atoms with Crippen LogP contribution in [0.25, 0.3) is 0 Å². The van der Waals surface area contributed by atoms with E-state index in [4.69, 9.17) is 10.5 Å². The van der Waals surface area contributed by atoms with Crippen LogP contribution in [0.3, 0.4) is 0 Å². The molecule has 114 valence electrons. The Hall–Kier alpha value is -0.820. The Kier molecular flexibility index (Phi) is 7.36. The van der Waals surface area contributed by atoms with Crippen LogP contribution in [0.1, 0.15) is 40.0 Å². The molecule has 0 radical (unpaired) electrons. The van der Waals surface area contributed by atoms with Crippen molar-refractivity contribution < 1.29 is 22.7 Å². The highest BCUT2D eigenvalue weighted by atomic mass is 19.4. The van der Waals surface area contributed by atoms with E-state index in [0.29, 0.717) is 12.8 Å². The highest BCUT2D eigenvalue weighted by molar-refractivity contribution is 5.84. The van der Waals surface area contributed by atoms with Crippen LogP contribution in [0.2, 0.25) is 0 Å². The third kappa shape index (κ3) is 8.83. The van der Waals surface area contributed by atoms with Gasteiger partial charge < -0.3 is 15.8 Å². The van der Waals surface area contributed by atoms with Crippen molar-refractivity contribution in [1.29, 1.82) is 0 Å². The normalized spacial score (nSPS) is 15.5. The molecule has 0 heterocycles. The number of nitrogens with two attached hydrogens (primary N) is 1. The fourth-order valence-electron chi connectivity index (χ4n) is 1.72. The predicted molar refractivity (Wildman–Crippen MR) is 66.6 cm³/mol. The van der Waals surface area contributed by atoms with E-state index < -0.39 is 24.0 Å². The number of nitrogens with one attached hydrogen (secondary N) is 1. The summed E-state index contributed by atoms with van der Waals surface area (Å²) in [7, 11) is 0.